The highest BCUT2D eigenvalue weighted by molar-refractivity contribution is 6.42. The first-order valence-corrected chi connectivity index (χ1v) is 6.26. The molecule has 1 nitrogen and oxygen atoms in total. The summed E-state index contributed by atoms with van der Waals surface area (Å²) in [5, 5.41) is 0.507. The molecule has 2 radical (unpaired) electrons. The standard InChI is InChI=1S/C15H17BClN/c1-4-10-12(8-7-9-14(10)18)11(5-2)15(17)13(16)6-3/h5-9H,3-4,18H2,1-2H3/b11-5-,15-13-. The Hall–Kier alpha value is -1.41. The van der Waals surface area contributed by atoms with Crippen molar-refractivity contribution in [1.82, 2.24) is 0 Å². The molecule has 1 rings (SSSR count). The van der Waals surface area contributed by atoms with E-state index in [-0.39, 0.29) is 0 Å². The zero-order valence-electron chi connectivity index (χ0n) is 10.8. The quantitative estimate of drug-likeness (QED) is 0.492. The van der Waals surface area contributed by atoms with E-state index in [4.69, 9.17) is 25.2 Å². The average Bonchev–Trinajstić information content (AvgIpc) is 2.38. The molecule has 2 N–H and O–H groups in total. The Morgan fingerprint density at radius 2 is 2.17 bits per heavy atom. The van der Waals surface area contributed by atoms with Crippen LogP contribution in [0.3, 0.4) is 0 Å². The summed E-state index contributed by atoms with van der Waals surface area (Å²) in [6.07, 6.45) is 4.33. The van der Waals surface area contributed by atoms with Crippen LogP contribution in [0.5, 0.6) is 0 Å². The fraction of sp³-hybridized carbons (Fsp3) is 0.200. The summed E-state index contributed by atoms with van der Waals surface area (Å²) >= 11 is 6.29. The van der Waals surface area contributed by atoms with E-state index in [0.717, 1.165) is 28.8 Å². The average molecular weight is 258 g/mol. The summed E-state index contributed by atoms with van der Waals surface area (Å²) in [6.45, 7) is 7.63. The molecule has 1 aromatic carbocycles. The first kappa shape index (κ1) is 14.7. The van der Waals surface area contributed by atoms with Gasteiger partial charge < -0.3 is 5.73 Å². The third-order valence-electron chi connectivity index (χ3n) is 2.85. The molecule has 92 valence electrons. The van der Waals surface area contributed by atoms with Crippen molar-refractivity contribution in [3.63, 3.8) is 0 Å². The monoisotopic (exact) mass is 257 g/mol. The minimum Gasteiger partial charge on any atom is -0.398 e. The summed E-state index contributed by atoms with van der Waals surface area (Å²) in [7, 11) is 5.82. The van der Waals surface area contributed by atoms with Crippen molar-refractivity contribution < 1.29 is 0 Å². The summed E-state index contributed by atoms with van der Waals surface area (Å²) in [5.74, 6) is 0. The Morgan fingerprint density at radius 1 is 1.50 bits per heavy atom. The van der Waals surface area contributed by atoms with Crippen molar-refractivity contribution in [1.29, 1.82) is 0 Å². The first-order chi connectivity index (χ1) is 8.56. The third-order valence-corrected chi connectivity index (χ3v) is 3.28. The SMILES string of the molecule is [B]/C(C=C)=C(Cl)/C(=C\C)c1cccc(N)c1CC. The number of anilines is 1. The van der Waals surface area contributed by atoms with Crippen molar-refractivity contribution in [2.45, 2.75) is 20.3 Å². The fourth-order valence-corrected chi connectivity index (χ4v) is 2.19. The Bertz CT molecular complexity index is 515. The molecule has 0 fully saturated rings. The van der Waals surface area contributed by atoms with E-state index in [1.54, 1.807) is 6.08 Å². The summed E-state index contributed by atoms with van der Waals surface area (Å²) < 4.78 is 0. The van der Waals surface area contributed by atoms with Crippen LogP contribution in [-0.4, -0.2) is 7.85 Å². The lowest BCUT2D eigenvalue weighted by Crippen LogP contribution is -1.99. The Balaban J connectivity index is 3.45. The first-order valence-electron chi connectivity index (χ1n) is 5.88. The highest BCUT2D eigenvalue weighted by Gasteiger charge is 2.12. The molecular weight excluding hydrogens is 240 g/mol. The summed E-state index contributed by atoms with van der Waals surface area (Å²) in [4.78, 5) is 0. The molecule has 0 aliphatic rings. The number of hydrogen-bond acceptors (Lipinski definition) is 1. The normalized spacial score (nSPS) is 13.2. The van der Waals surface area contributed by atoms with Crippen LogP contribution in [-0.2, 0) is 6.42 Å². The maximum Gasteiger partial charge on any atom is 0.115 e. The van der Waals surface area contributed by atoms with E-state index in [2.05, 4.69) is 13.5 Å². The topological polar surface area (TPSA) is 26.0 Å². The molecule has 0 spiro atoms. The van der Waals surface area contributed by atoms with Gasteiger partial charge in [0.1, 0.15) is 7.85 Å². The van der Waals surface area contributed by atoms with E-state index < -0.39 is 0 Å². The number of nitrogens with two attached hydrogens (primary N) is 1. The number of rotatable bonds is 4. The van der Waals surface area contributed by atoms with Crippen LogP contribution in [0.2, 0.25) is 0 Å². The molecule has 1 aromatic rings. The smallest absolute Gasteiger partial charge is 0.115 e. The second-order valence-electron chi connectivity index (χ2n) is 3.90. The van der Waals surface area contributed by atoms with Gasteiger partial charge in [-0.05, 0) is 36.1 Å². The van der Waals surface area contributed by atoms with Gasteiger partial charge in [0, 0.05) is 10.7 Å². The van der Waals surface area contributed by atoms with Gasteiger partial charge in [-0.25, -0.2) is 0 Å². The second-order valence-corrected chi connectivity index (χ2v) is 4.28. The van der Waals surface area contributed by atoms with Gasteiger partial charge in [-0.1, -0.05) is 54.9 Å². The molecule has 0 aliphatic carbocycles. The van der Waals surface area contributed by atoms with Crippen molar-refractivity contribution in [3.8, 4) is 0 Å². The lowest BCUT2D eigenvalue weighted by atomic mass is 9.89. The number of benzene rings is 1. The maximum absolute atomic E-state index is 6.29. The van der Waals surface area contributed by atoms with Crippen LogP contribution >= 0.6 is 11.6 Å². The third kappa shape index (κ3) is 2.88. The number of halogens is 1. The zero-order valence-corrected chi connectivity index (χ0v) is 11.6. The number of hydrogen-bond donors (Lipinski definition) is 1. The number of allylic oxidation sites excluding steroid dienone is 5. The van der Waals surface area contributed by atoms with Gasteiger partial charge in [0.2, 0.25) is 0 Å². The minimum atomic E-state index is 0.467. The van der Waals surface area contributed by atoms with Crippen molar-refractivity contribution in [3.05, 3.63) is 58.6 Å². The molecule has 0 unspecified atom stereocenters. The van der Waals surface area contributed by atoms with Crippen LogP contribution < -0.4 is 5.73 Å². The summed E-state index contributed by atoms with van der Waals surface area (Å²) in [6, 6.07) is 5.81. The molecular formula is C15H17BClN. The van der Waals surface area contributed by atoms with Gasteiger partial charge in [-0.2, -0.15) is 0 Å². The second kappa shape index (κ2) is 6.51. The molecule has 18 heavy (non-hydrogen) atoms. The highest BCUT2D eigenvalue weighted by atomic mass is 35.5. The minimum absolute atomic E-state index is 0.467. The predicted molar refractivity (Wildman–Crippen MR) is 82.7 cm³/mol. The molecule has 3 heteroatoms. The van der Waals surface area contributed by atoms with Gasteiger partial charge in [0.15, 0.2) is 0 Å². The van der Waals surface area contributed by atoms with Crippen LogP contribution in [0.4, 0.5) is 5.69 Å². The fourth-order valence-electron chi connectivity index (χ4n) is 1.90. The molecule has 0 atom stereocenters. The van der Waals surface area contributed by atoms with Crippen LogP contribution in [0.15, 0.2) is 47.4 Å². The maximum atomic E-state index is 6.29. The lowest BCUT2D eigenvalue weighted by molar-refractivity contribution is 1.13. The van der Waals surface area contributed by atoms with E-state index in [1.807, 2.05) is 31.2 Å². The molecule has 0 aliphatic heterocycles. The van der Waals surface area contributed by atoms with Crippen molar-refractivity contribution in [2.24, 2.45) is 0 Å². The predicted octanol–water partition coefficient (Wildman–Crippen LogP) is 4.04. The van der Waals surface area contributed by atoms with Gasteiger partial charge in [0.05, 0.1) is 0 Å². The molecule has 0 aromatic heterocycles. The highest BCUT2D eigenvalue weighted by Crippen LogP contribution is 2.32. The Morgan fingerprint density at radius 3 is 2.67 bits per heavy atom. The van der Waals surface area contributed by atoms with E-state index in [1.165, 1.54) is 0 Å². The van der Waals surface area contributed by atoms with Gasteiger partial charge in [-0.15, -0.1) is 0 Å². The van der Waals surface area contributed by atoms with Crippen molar-refractivity contribution >= 4 is 30.7 Å². The molecule has 0 heterocycles. The van der Waals surface area contributed by atoms with Crippen LogP contribution in [0.1, 0.15) is 25.0 Å². The van der Waals surface area contributed by atoms with E-state index >= 15 is 0 Å². The summed E-state index contributed by atoms with van der Waals surface area (Å²) in [5.41, 5.74) is 10.2. The van der Waals surface area contributed by atoms with E-state index in [0.29, 0.717) is 10.5 Å². The van der Waals surface area contributed by atoms with Crippen LogP contribution in [0, 0.1) is 0 Å². The van der Waals surface area contributed by atoms with Crippen LogP contribution in [0.25, 0.3) is 5.57 Å². The molecule has 0 amide bonds. The van der Waals surface area contributed by atoms with Gasteiger partial charge >= 0.3 is 0 Å². The lowest BCUT2D eigenvalue weighted by Gasteiger charge is -2.15. The molecule has 0 saturated carbocycles. The van der Waals surface area contributed by atoms with Crippen molar-refractivity contribution in [2.75, 3.05) is 5.73 Å². The van der Waals surface area contributed by atoms with E-state index in [9.17, 15) is 0 Å². The Kier molecular flexibility index (Phi) is 5.30. The number of nitrogen functional groups attached to an aromatic ring is 1. The zero-order chi connectivity index (χ0) is 13.7. The molecule has 0 bridgehead atoms. The Labute approximate surface area is 115 Å². The molecule has 0 saturated heterocycles. The largest absolute Gasteiger partial charge is 0.398 e. The van der Waals surface area contributed by atoms with Gasteiger partial charge in [-0.3, -0.25) is 0 Å². The van der Waals surface area contributed by atoms with Gasteiger partial charge in [0.25, 0.3) is 0 Å².